The molecule has 1 heterocycles. The zero-order valence-electron chi connectivity index (χ0n) is 10.8. The Morgan fingerprint density at radius 1 is 1.35 bits per heavy atom. The van der Waals surface area contributed by atoms with Gasteiger partial charge in [-0.25, -0.2) is 4.39 Å². The van der Waals surface area contributed by atoms with Crippen molar-refractivity contribution in [2.45, 2.75) is 19.9 Å². The third-order valence-electron chi connectivity index (χ3n) is 2.74. The molecule has 0 aliphatic carbocycles. The lowest BCUT2D eigenvalue weighted by molar-refractivity contribution is 0.101. The normalized spacial score (nSPS) is 10.6. The molecule has 0 unspecified atom stereocenters. The first-order valence-corrected chi connectivity index (χ1v) is 7.72. The summed E-state index contributed by atoms with van der Waals surface area (Å²) in [6.45, 7) is 2.81. The molecular weight excluding hydrogens is 391 g/mol. The fourth-order valence-corrected chi connectivity index (χ4v) is 2.78. The molecule has 1 N–H and O–H groups in total. The molecule has 20 heavy (non-hydrogen) atoms. The minimum atomic E-state index is -0.355. The van der Waals surface area contributed by atoms with Gasteiger partial charge in [0, 0.05) is 21.7 Å². The van der Waals surface area contributed by atoms with Crippen LogP contribution in [0.25, 0.3) is 0 Å². The summed E-state index contributed by atoms with van der Waals surface area (Å²) in [5, 5.41) is 2.77. The molecule has 0 atom stereocenters. The van der Waals surface area contributed by atoms with Crippen LogP contribution in [-0.2, 0) is 6.54 Å². The molecule has 0 fully saturated rings. The molecule has 2 aromatic rings. The third kappa shape index (κ3) is 3.49. The van der Waals surface area contributed by atoms with Gasteiger partial charge in [-0.3, -0.25) is 4.79 Å². The van der Waals surface area contributed by atoms with E-state index in [1.165, 1.54) is 18.2 Å². The van der Waals surface area contributed by atoms with Crippen LogP contribution in [-0.4, -0.2) is 10.5 Å². The number of carbonyl (C=O) groups is 1. The fraction of sp³-hybridized carbons (Fsp3) is 0.214. The van der Waals surface area contributed by atoms with E-state index in [1.807, 2.05) is 17.7 Å². The first-order valence-electron chi connectivity index (χ1n) is 6.13. The second-order valence-electron chi connectivity index (χ2n) is 4.32. The van der Waals surface area contributed by atoms with Crippen molar-refractivity contribution in [3.63, 3.8) is 0 Å². The van der Waals surface area contributed by atoms with Gasteiger partial charge < -0.3 is 9.88 Å². The topological polar surface area (TPSA) is 34.0 Å². The van der Waals surface area contributed by atoms with Crippen LogP contribution >= 0.6 is 31.9 Å². The van der Waals surface area contributed by atoms with E-state index in [-0.39, 0.29) is 11.7 Å². The molecule has 2 rings (SSSR count). The second-order valence-corrected chi connectivity index (χ2v) is 6.09. The van der Waals surface area contributed by atoms with Gasteiger partial charge in [0.15, 0.2) is 0 Å². The Morgan fingerprint density at radius 2 is 2.10 bits per heavy atom. The van der Waals surface area contributed by atoms with Crippen molar-refractivity contribution in [3.05, 3.63) is 50.9 Å². The Morgan fingerprint density at radius 3 is 2.75 bits per heavy atom. The first kappa shape index (κ1) is 15.3. The first-order chi connectivity index (χ1) is 9.51. The predicted molar refractivity (Wildman–Crippen MR) is 84.5 cm³/mol. The lowest BCUT2D eigenvalue weighted by Gasteiger charge is -2.10. The average molecular weight is 404 g/mol. The van der Waals surface area contributed by atoms with Crippen molar-refractivity contribution in [1.82, 2.24) is 4.57 Å². The summed E-state index contributed by atoms with van der Waals surface area (Å²) in [7, 11) is 0. The quantitative estimate of drug-likeness (QED) is 0.780. The molecule has 106 valence electrons. The van der Waals surface area contributed by atoms with Gasteiger partial charge in [0.05, 0.1) is 5.69 Å². The van der Waals surface area contributed by atoms with E-state index in [9.17, 15) is 9.18 Å². The smallest absolute Gasteiger partial charge is 0.272 e. The third-order valence-corrected chi connectivity index (χ3v) is 3.83. The van der Waals surface area contributed by atoms with Crippen LogP contribution in [0.5, 0.6) is 0 Å². The number of hydrogen-bond acceptors (Lipinski definition) is 1. The van der Waals surface area contributed by atoms with Gasteiger partial charge in [-0.1, -0.05) is 6.92 Å². The number of nitrogens with one attached hydrogen (secondary N) is 1. The summed E-state index contributed by atoms with van der Waals surface area (Å²) in [4.78, 5) is 12.3. The SMILES string of the molecule is CCCn1cc(Br)cc1C(=O)Nc1ccc(F)cc1Br. The number of aromatic nitrogens is 1. The lowest BCUT2D eigenvalue weighted by atomic mass is 10.3. The van der Waals surface area contributed by atoms with Crippen LogP contribution in [0, 0.1) is 5.82 Å². The Hall–Kier alpha value is -1.14. The zero-order chi connectivity index (χ0) is 14.7. The summed E-state index contributed by atoms with van der Waals surface area (Å²) in [5.41, 5.74) is 1.10. The molecule has 0 saturated heterocycles. The molecule has 0 radical (unpaired) electrons. The molecule has 0 saturated carbocycles. The predicted octanol–water partition coefficient (Wildman–Crippen LogP) is 4.81. The second kappa shape index (κ2) is 6.54. The molecule has 6 heteroatoms. The van der Waals surface area contributed by atoms with Crippen LogP contribution < -0.4 is 5.32 Å². The summed E-state index contributed by atoms with van der Waals surface area (Å²) in [6.07, 6.45) is 2.81. The number of aryl methyl sites for hydroxylation is 1. The van der Waals surface area contributed by atoms with Gasteiger partial charge >= 0.3 is 0 Å². The minimum absolute atomic E-state index is 0.226. The highest BCUT2D eigenvalue weighted by Gasteiger charge is 2.14. The highest BCUT2D eigenvalue weighted by atomic mass is 79.9. The number of anilines is 1. The van der Waals surface area contributed by atoms with Crippen molar-refractivity contribution in [3.8, 4) is 0 Å². The van der Waals surface area contributed by atoms with Crippen LogP contribution in [0.15, 0.2) is 39.4 Å². The molecule has 1 aromatic carbocycles. The van der Waals surface area contributed by atoms with Crippen LogP contribution in [0.2, 0.25) is 0 Å². The summed E-state index contributed by atoms with van der Waals surface area (Å²) in [6, 6.07) is 5.92. The van der Waals surface area contributed by atoms with Gasteiger partial charge in [0.25, 0.3) is 5.91 Å². The van der Waals surface area contributed by atoms with E-state index in [1.54, 1.807) is 6.07 Å². The molecule has 0 bridgehead atoms. The molecule has 3 nitrogen and oxygen atoms in total. The zero-order valence-corrected chi connectivity index (χ0v) is 14.0. The molecule has 0 aliphatic heterocycles. The largest absolute Gasteiger partial charge is 0.342 e. The Balaban J connectivity index is 2.23. The van der Waals surface area contributed by atoms with Crippen LogP contribution in [0.1, 0.15) is 23.8 Å². The van der Waals surface area contributed by atoms with Crippen molar-refractivity contribution in [2.75, 3.05) is 5.32 Å². The summed E-state index contributed by atoms with van der Waals surface area (Å²) < 4.78 is 16.3. The van der Waals surface area contributed by atoms with Crippen molar-refractivity contribution < 1.29 is 9.18 Å². The number of halogens is 3. The maximum absolute atomic E-state index is 13.0. The highest BCUT2D eigenvalue weighted by molar-refractivity contribution is 9.10. The van der Waals surface area contributed by atoms with E-state index < -0.39 is 0 Å². The monoisotopic (exact) mass is 402 g/mol. The number of benzene rings is 1. The minimum Gasteiger partial charge on any atom is -0.342 e. The van der Waals surface area contributed by atoms with Crippen molar-refractivity contribution in [1.29, 1.82) is 0 Å². The molecule has 1 aromatic heterocycles. The van der Waals surface area contributed by atoms with Crippen molar-refractivity contribution in [2.24, 2.45) is 0 Å². The summed E-state index contributed by atoms with van der Waals surface area (Å²) in [5.74, 6) is -0.580. The molecular formula is C14H13Br2FN2O. The fourth-order valence-electron chi connectivity index (χ4n) is 1.87. The van der Waals surface area contributed by atoms with Gasteiger partial charge in [-0.05, 0) is 62.5 Å². The average Bonchev–Trinajstić information content (AvgIpc) is 2.74. The number of carbonyl (C=O) groups excluding carboxylic acids is 1. The standard InChI is InChI=1S/C14H13Br2FN2O/c1-2-5-19-8-9(15)6-13(19)14(20)18-12-4-3-10(17)7-11(12)16/h3-4,6-8H,2,5H2,1H3,(H,18,20). The maximum atomic E-state index is 13.0. The van der Waals surface area contributed by atoms with Gasteiger partial charge in [0.1, 0.15) is 11.5 Å². The molecule has 1 amide bonds. The number of rotatable bonds is 4. The number of hydrogen-bond donors (Lipinski definition) is 1. The highest BCUT2D eigenvalue weighted by Crippen LogP contribution is 2.24. The van der Waals surface area contributed by atoms with Gasteiger partial charge in [-0.15, -0.1) is 0 Å². The Kier molecular flexibility index (Phi) is 4.99. The van der Waals surface area contributed by atoms with Gasteiger partial charge in [-0.2, -0.15) is 0 Å². The van der Waals surface area contributed by atoms with Crippen LogP contribution in [0.4, 0.5) is 10.1 Å². The summed E-state index contributed by atoms with van der Waals surface area (Å²) >= 11 is 6.60. The molecule has 0 aliphatic rings. The maximum Gasteiger partial charge on any atom is 0.272 e. The van der Waals surface area contributed by atoms with Crippen LogP contribution in [0.3, 0.4) is 0 Å². The lowest BCUT2D eigenvalue weighted by Crippen LogP contribution is -2.17. The van der Waals surface area contributed by atoms with E-state index >= 15 is 0 Å². The Bertz CT molecular complexity index is 640. The van der Waals surface area contributed by atoms with E-state index in [0.29, 0.717) is 15.9 Å². The van der Waals surface area contributed by atoms with Gasteiger partial charge in [0.2, 0.25) is 0 Å². The number of nitrogens with zero attached hydrogens (tertiary/aromatic N) is 1. The van der Waals surface area contributed by atoms with E-state index in [0.717, 1.165) is 17.4 Å². The van der Waals surface area contributed by atoms with E-state index in [2.05, 4.69) is 37.2 Å². The molecule has 0 spiro atoms. The van der Waals surface area contributed by atoms with Crippen molar-refractivity contribution >= 4 is 43.5 Å². The van der Waals surface area contributed by atoms with E-state index in [4.69, 9.17) is 0 Å². The number of amides is 1. The Labute approximate surface area is 133 Å².